The third-order valence-electron chi connectivity index (χ3n) is 8.72. The molecular formula is C23H36. The van der Waals surface area contributed by atoms with Crippen LogP contribution in [0.5, 0.6) is 0 Å². The van der Waals surface area contributed by atoms with Gasteiger partial charge < -0.3 is 0 Å². The third kappa shape index (κ3) is 2.16. The molecule has 0 heteroatoms. The van der Waals surface area contributed by atoms with Crippen molar-refractivity contribution in [3.63, 3.8) is 0 Å². The summed E-state index contributed by atoms with van der Waals surface area (Å²) in [5.74, 6) is 6.05. The average molecular weight is 313 g/mol. The maximum absolute atomic E-state index is 4.02. The molecule has 0 bridgehead atoms. The molecule has 0 saturated heterocycles. The van der Waals surface area contributed by atoms with Crippen molar-refractivity contribution < 1.29 is 0 Å². The molecule has 8 unspecified atom stereocenters. The lowest BCUT2D eigenvalue weighted by molar-refractivity contribution is -0.0711. The second-order valence-corrected chi connectivity index (χ2v) is 10.0. The van der Waals surface area contributed by atoms with Crippen molar-refractivity contribution >= 4 is 0 Å². The molecule has 0 spiro atoms. The highest BCUT2D eigenvalue weighted by molar-refractivity contribution is 5.27. The quantitative estimate of drug-likeness (QED) is 0.548. The summed E-state index contributed by atoms with van der Waals surface area (Å²) < 4.78 is 0. The SMILES string of the molecule is C=C/C=C1/CC(C)C2C3C4CC4CC3(C)CCC2C1(C)CCC. The van der Waals surface area contributed by atoms with E-state index in [0.717, 1.165) is 35.5 Å². The zero-order valence-corrected chi connectivity index (χ0v) is 15.8. The maximum Gasteiger partial charge on any atom is -0.00822 e. The Hall–Kier alpha value is -0.520. The first-order chi connectivity index (χ1) is 10.9. The standard InChI is InChI=1S/C23H36/c1-6-8-17-12-15(3)20-19(23(17,5)10-7-2)9-11-22(4)14-16-13-18(16)21(20)22/h6,8,15-16,18-21H,1,7,9-14H2,2-5H3/b17-8-. The maximum atomic E-state index is 4.02. The molecule has 0 aromatic heterocycles. The van der Waals surface area contributed by atoms with Crippen molar-refractivity contribution in [2.45, 2.75) is 72.6 Å². The van der Waals surface area contributed by atoms with E-state index in [0.29, 0.717) is 10.8 Å². The Morgan fingerprint density at radius 1 is 1.30 bits per heavy atom. The van der Waals surface area contributed by atoms with Gasteiger partial charge in [-0.05, 0) is 84.9 Å². The lowest BCUT2D eigenvalue weighted by Crippen LogP contribution is -2.52. The first-order valence-electron chi connectivity index (χ1n) is 10.3. The van der Waals surface area contributed by atoms with Gasteiger partial charge in [0, 0.05) is 0 Å². The first-order valence-corrected chi connectivity index (χ1v) is 10.3. The predicted octanol–water partition coefficient (Wildman–Crippen LogP) is 6.63. The van der Waals surface area contributed by atoms with Crippen LogP contribution in [0.2, 0.25) is 0 Å². The van der Waals surface area contributed by atoms with Crippen LogP contribution < -0.4 is 0 Å². The minimum Gasteiger partial charge on any atom is -0.0991 e. The molecule has 4 fully saturated rings. The predicted molar refractivity (Wildman–Crippen MR) is 99.1 cm³/mol. The van der Waals surface area contributed by atoms with Crippen molar-refractivity contribution in [2.75, 3.05) is 0 Å². The van der Waals surface area contributed by atoms with Gasteiger partial charge in [0.1, 0.15) is 0 Å². The summed E-state index contributed by atoms with van der Waals surface area (Å²) in [5, 5.41) is 0. The molecule has 4 saturated carbocycles. The van der Waals surface area contributed by atoms with Crippen LogP contribution in [0, 0.1) is 46.3 Å². The minimum atomic E-state index is 0.439. The second-order valence-electron chi connectivity index (χ2n) is 10.0. The number of hydrogen-bond donors (Lipinski definition) is 0. The molecule has 4 rings (SSSR count). The molecule has 0 radical (unpaired) electrons. The highest BCUT2D eigenvalue weighted by Gasteiger charge is 2.66. The van der Waals surface area contributed by atoms with E-state index in [-0.39, 0.29) is 0 Å². The average Bonchev–Trinajstić information content (AvgIpc) is 3.16. The number of hydrogen-bond acceptors (Lipinski definition) is 0. The monoisotopic (exact) mass is 312 g/mol. The van der Waals surface area contributed by atoms with E-state index in [4.69, 9.17) is 0 Å². The van der Waals surface area contributed by atoms with Crippen molar-refractivity contribution in [1.82, 2.24) is 0 Å². The molecule has 0 aromatic rings. The molecule has 4 aliphatic carbocycles. The van der Waals surface area contributed by atoms with Crippen molar-refractivity contribution in [2.24, 2.45) is 46.3 Å². The second kappa shape index (κ2) is 5.24. The Balaban J connectivity index is 1.73. The summed E-state index contributed by atoms with van der Waals surface area (Å²) in [6.07, 6.45) is 14.5. The van der Waals surface area contributed by atoms with Gasteiger partial charge in [0.15, 0.2) is 0 Å². The summed E-state index contributed by atoms with van der Waals surface area (Å²) in [5.41, 5.74) is 2.85. The van der Waals surface area contributed by atoms with Crippen LogP contribution >= 0.6 is 0 Å². The fraction of sp³-hybridized carbons (Fsp3) is 0.826. The highest BCUT2D eigenvalue weighted by Crippen LogP contribution is 2.73. The Morgan fingerprint density at radius 2 is 2.09 bits per heavy atom. The van der Waals surface area contributed by atoms with E-state index in [2.05, 4.69) is 46.4 Å². The Kier molecular flexibility index (Phi) is 3.64. The van der Waals surface area contributed by atoms with E-state index in [1.165, 1.54) is 32.1 Å². The van der Waals surface area contributed by atoms with Crippen LogP contribution in [-0.4, -0.2) is 0 Å². The van der Waals surface area contributed by atoms with Crippen LogP contribution in [0.4, 0.5) is 0 Å². The molecular weight excluding hydrogens is 276 g/mol. The Bertz CT molecular complexity index is 528. The molecule has 0 aromatic carbocycles. The van der Waals surface area contributed by atoms with E-state index in [1.807, 2.05) is 0 Å². The Labute approximate surface area is 143 Å². The van der Waals surface area contributed by atoms with Crippen LogP contribution in [0.15, 0.2) is 24.3 Å². The zero-order chi connectivity index (χ0) is 16.4. The molecule has 0 nitrogen and oxygen atoms in total. The molecule has 0 N–H and O–H groups in total. The van der Waals surface area contributed by atoms with Crippen molar-refractivity contribution in [3.8, 4) is 0 Å². The summed E-state index contributed by atoms with van der Waals surface area (Å²) in [6, 6.07) is 0. The molecule has 128 valence electrons. The zero-order valence-electron chi connectivity index (χ0n) is 15.8. The van der Waals surface area contributed by atoms with Gasteiger partial charge >= 0.3 is 0 Å². The number of allylic oxidation sites excluding steroid dienone is 3. The number of fused-ring (bicyclic) bond motifs is 5. The molecule has 8 atom stereocenters. The molecule has 23 heavy (non-hydrogen) atoms. The van der Waals surface area contributed by atoms with Gasteiger partial charge in [-0.2, -0.15) is 0 Å². The topological polar surface area (TPSA) is 0 Å². The third-order valence-corrected chi connectivity index (χ3v) is 8.72. The van der Waals surface area contributed by atoms with E-state index < -0.39 is 0 Å². The van der Waals surface area contributed by atoms with E-state index in [1.54, 1.807) is 18.4 Å². The molecule has 0 aliphatic heterocycles. The highest BCUT2D eigenvalue weighted by atomic mass is 14.7. The molecule has 0 amide bonds. The van der Waals surface area contributed by atoms with Crippen LogP contribution in [-0.2, 0) is 0 Å². The normalized spacial score (nSPS) is 55.9. The summed E-state index contributed by atoms with van der Waals surface area (Å²) in [6.45, 7) is 14.2. The van der Waals surface area contributed by atoms with Gasteiger partial charge in [0.25, 0.3) is 0 Å². The van der Waals surface area contributed by atoms with Crippen LogP contribution in [0.1, 0.15) is 72.6 Å². The first kappa shape index (κ1) is 16.0. The van der Waals surface area contributed by atoms with Gasteiger partial charge in [0.05, 0.1) is 0 Å². The van der Waals surface area contributed by atoms with Gasteiger partial charge in [-0.3, -0.25) is 0 Å². The van der Waals surface area contributed by atoms with Crippen molar-refractivity contribution in [1.29, 1.82) is 0 Å². The molecule has 0 heterocycles. The smallest absolute Gasteiger partial charge is 0.00822 e. The largest absolute Gasteiger partial charge is 0.0991 e. The van der Waals surface area contributed by atoms with Gasteiger partial charge in [-0.1, -0.05) is 58.4 Å². The van der Waals surface area contributed by atoms with E-state index >= 15 is 0 Å². The summed E-state index contributed by atoms with van der Waals surface area (Å²) in [7, 11) is 0. The minimum absolute atomic E-state index is 0.439. The Morgan fingerprint density at radius 3 is 2.78 bits per heavy atom. The van der Waals surface area contributed by atoms with Gasteiger partial charge in [-0.15, -0.1) is 0 Å². The summed E-state index contributed by atoms with van der Waals surface area (Å²) in [4.78, 5) is 0. The van der Waals surface area contributed by atoms with Crippen molar-refractivity contribution in [3.05, 3.63) is 24.3 Å². The lowest BCUT2D eigenvalue weighted by atomic mass is 9.45. The number of rotatable bonds is 3. The molecule has 4 aliphatic rings. The fourth-order valence-corrected chi connectivity index (χ4v) is 7.86. The van der Waals surface area contributed by atoms with Gasteiger partial charge in [-0.25, -0.2) is 0 Å². The fourth-order valence-electron chi connectivity index (χ4n) is 7.86. The van der Waals surface area contributed by atoms with E-state index in [9.17, 15) is 0 Å². The van der Waals surface area contributed by atoms with Gasteiger partial charge in [0.2, 0.25) is 0 Å². The lowest BCUT2D eigenvalue weighted by Gasteiger charge is -2.59. The summed E-state index contributed by atoms with van der Waals surface area (Å²) >= 11 is 0. The van der Waals surface area contributed by atoms with Crippen LogP contribution in [0.25, 0.3) is 0 Å². The van der Waals surface area contributed by atoms with Crippen LogP contribution in [0.3, 0.4) is 0 Å².